The maximum atomic E-state index is 12.0. The lowest BCUT2D eigenvalue weighted by Gasteiger charge is -2.15. The van der Waals surface area contributed by atoms with Gasteiger partial charge in [-0.25, -0.2) is 0 Å². The van der Waals surface area contributed by atoms with Gasteiger partial charge in [-0.2, -0.15) is 0 Å². The van der Waals surface area contributed by atoms with Gasteiger partial charge in [-0.15, -0.1) is 0 Å². The molecule has 1 fully saturated rings. The number of rotatable bonds is 5. The van der Waals surface area contributed by atoms with Gasteiger partial charge in [0.25, 0.3) is 5.91 Å². The van der Waals surface area contributed by atoms with Crippen molar-refractivity contribution in [1.82, 2.24) is 10.2 Å². The molecule has 21 heavy (non-hydrogen) atoms. The quantitative estimate of drug-likeness (QED) is 0.827. The third kappa shape index (κ3) is 3.62. The summed E-state index contributed by atoms with van der Waals surface area (Å²) in [6, 6.07) is 3.15. The molecule has 0 radical (unpaired) electrons. The molecule has 2 amide bonds. The lowest BCUT2D eigenvalue weighted by molar-refractivity contribution is -0.142. The average molecular weight is 294 g/mol. The van der Waals surface area contributed by atoms with Crippen molar-refractivity contribution in [3.05, 3.63) is 24.2 Å². The van der Waals surface area contributed by atoms with Crippen molar-refractivity contribution < 1.29 is 23.9 Å². The SMILES string of the molecule is CC1CN(C(=O)CCNC(=O)c2ccco2)CC1C(=O)O. The molecule has 2 atom stereocenters. The second-order valence-electron chi connectivity index (χ2n) is 5.20. The van der Waals surface area contributed by atoms with Crippen LogP contribution in [-0.2, 0) is 9.59 Å². The lowest BCUT2D eigenvalue weighted by Crippen LogP contribution is -2.33. The van der Waals surface area contributed by atoms with Crippen LogP contribution in [0.1, 0.15) is 23.9 Å². The number of carbonyl (C=O) groups excluding carboxylic acids is 2. The molecule has 1 aliphatic rings. The summed E-state index contributed by atoms with van der Waals surface area (Å²) in [5.41, 5.74) is 0. The van der Waals surface area contributed by atoms with Crippen molar-refractivity contribution in [3.63, 3.8) is 0 Å². The molecule has 0 bridgehead atoms. The van der Waals surface area contributed by atoms with Crippen molar-refractivity contribution in [2.75, 3.05) is 19.6 Å². The van der Waals surface area contributed by atoms with E-state index in [1.165, 1.54) is 12.3 Å². The zero-order valence-electron chi connectivity index (χ0n) is 11.7. The number of carboxylic acid groups (broad SMARTS) is 1. The Kier molecular flexibility index (Phi) is 4.62. The fourth-order valence-electron chi connectivity index (χ4n) is 2.43. The fraction of sp³-hybridized carbons (Fsp3) is 0.500. The Morgan fingerprint density at radius 1 is 1.43 bits per heavy atom. The van der Waals surface area contributed by atoms with Crippen LogP contribution in [0.2, 0.25) is 0 Å². The summed E-state index contributed by atoms with van der Waals surface area (Å²) >= 11 is 0. The number of hydrogen-bond donors (Lipinski definition) is 2. The Hall–Kier alpha value is -2.31. The van der Waals surface area contributed by atoms with Gasteiger partial charge in [-0.1, -0.05) is 6.92 Å². The molecule has 2 rings (SSSR count). The number of furan rings is 1. The van der Waals surface area contributed by atoms with E-state index in [-0.39, 0.29) is 43.0 Å². The van der Waals surface area contributed by atoms with E-state index in [0.717, 1.165) is 0 Å². The summed E-state index contributed by atoms with van der Waals surface area (Å²) in [6.07, 6.45) is 1.54. The van der Waals surface area contributed by atoms with Gasteiger partial charge in [0.05, 0.1) is 12.2 Å². The first kappa shape index (κ1) is 15.1. The molecule has 2 heterocycles. The molecule has 1 aromatic heterocycles. The van der Waals surface area contributed by atoms with Crippen LogP contribution < -0.4 is 5.32 Å². The average Bonchev–Trinajstić information content (AvgIpc) is 3.07. The number of hydrogen-bond acceptors (Lipinski definition) is 4. The number of carboxylic acids is 1. The van der Waals surface area contributed by atoms with Crippen LogP contribution >= 0.6 is 0 Å². The largest absolute Gasteiger partial charge is 0.481 e. The number of nitrogens with one attached hydrogen (secondary N) is 1. The maximum absolute atomic E-state index is 12.0. The molecular formula is C14H18N2O5. The Balaban J connectivity index is 1.75. The zero-order chi connectivity index (χ0) is 15.4. The molecule has 114 valence electrons. The predicted molar refractivity (Wildman–Crippen MR) is 72.5 cm³/mol. The Morgan fingerprint density at radius 2 is 2.19 bits per heavy atom. The summed E-state index contributed by atoms with van der Waals surface area (Å²) in [4.78, 5) is 36.1. The summed E-state index contributed by atoms with van der Waals surface area (Å²) in [7, 11) is 0. The lowest BCUT2D eigenvalue weighted by atomic mass is 9.99. The number of nitrogens with zero attached hydrogens (tertiary/aromatic N) is 1. The Labute approximate surface area is 121 Å². The molecule has 0 spiro atoms. The topological polar surface area (TPSA) is 99.9 Å². The molecule has 0 aromatic carbocycles. The van der Waals surface area contributed by atoms with Crippen LogP contribution in [0.3, 0.4) is 0 Å². The van der Waals surface area contributed by atoms with Crippen LogP contribution in [0.5, 0.6) is 0 Å². The molecular weight excluding hydrogens is 276 g/mol. The van der Waals surface area contributed by atoms with Gasteiger partial charge in [0.1, 0.15) is 0 Å². The highest BCUT2D eigenvalue weighted by Crippen LogP contribution is 2.23. The van der Waals surface area contributed by atoms with E-state index in [1.54, 1.807) is 11.0 Å². The van der Waals surface area contributed by atoms with Crippen molar-refractivity contribution in [1.29, 1.82) is 0 Å². The van der Waals surface area contributed by atoms with Gasteiger partial charge in [0.15, 0.2) is 5.76 Å². The van der Waals surface area contributed by atoms with Crippen LogP contribution in [0, 0.1) is 11.8 Å². The molecule has 0 saturated carbocycles. The van der Waals surface area contributed by atoms with Crippen LogP contribution in [0.15, 0.2) is 22.8 Å². The summed E-state index contributed by atoms with van der Waals surface area (Å²) < 4.78 is 4.93. The highest BCUT2D eigenvalue weighted by Gasteiger charge is 2.36. The van der Waals surface area contributed by atoms with Crippen molar-refractivity contribution in [2.24, 2.45) is 11.8 Å². The second kappa shape index (κ2) is 6.43. The molecule has 7 heteroatoms. The van der Waals surface area contributed by atoms with E-state index >= 15 is 0 Å². The van der Waals surface area contributed by atoms with Gasteiger partial charge in [-0.05, 0) is 18.1 Å². The van der Waals surface area contributed by atoms with Gasteiger partial charge in [0.2, 0.25) is 5.91 Å². The number of likely N-dealkylation sites (tertiary alicyclic amines) is 1. The van der Waals surface area contributed by atoms with E-state index in [2.05, 4.69) is 5.32 Å². The number of amides is 2. The smallest absolute Gasteiger partial charge is 0.308 e. The Bertz CT molecular complexity index is 525. The first-order valence-electron chi connectivity index (χ1n) is 6.81. The highest BCUT2D eigenvalue weighted by atomic mass is 16.4. The van der Waals surface area contributed by atoms with E-state index < -0.39 is 11.9 Å². The standard InChI is InChI=1S/C14H18N2O5/c1-9-7-16(8-10(9)14(19)20)12(17)4-5-15-13(18)11-3-2-6-21-11/h2-3,6,9-10H,4-5,7-8H2,1H3,(H,15,18)(H,19,20). The third-order valence-electron chi connectivity index (χ3n) is 3.65. The molecule has 2 unspecified atom stereocenters. The number of carbonyl (C=O) groups is 3. The first-order valence-corrected chi connectivity index (χ1v) is 6.81. The molecule has 1 saturated heterocycles. The summed E-state index contributed by atoms with van der Waals surface area (Å²) in [5, 5.41) is 11.6. The first-order chi connectivity index (χ1) is 9.99. The van der Waals surface area contributed by atoms with Crippen molar-refractivity contribution in [3.8, 4) is 0 Å². The maximum Gasteiger partial charge on any atom is 0.308 e. The number of aliphatic carboxylic acids is 1. The van der Waals surface area contributed by atoms with E-state index in [1.807, 2.05) is 6.92 Å². The van der Waals surface area contributed by atoms with Gasteiger partial charge >= 0.3 is 5.97 Å². The van der Waals surface area contributed by atoms with Crippen LogP contribution in [-0.4, -0.2) is 47.4 Å². The third-order valence-corrected chi connectivity index (χ3v) is 3.65. The van der Waals surface area contributed by atoms with Crippen molar-refractivity contribution in [2.45, 2.75) is 13.3 Å². The molecule has 0 aliphatic carbocycles. The molecule has 7 nitrogen and oxygen atoms in total. The summed E-state index contributed by atoms with van der Waals surface area (Å²) in [6.45, 7) is 2.70. The molecule has 2 N–H and O–H groups in total. The predicted octanol–water partition coefficient (Wildman–Crippen LogP) is 0.579. The van der Waals surface area contributed by atoms with Crippen molar-refractivity contribution >= 4 is 17.8 Å². The zero-order valence-corrected chi connectivity index (χ0v) is 11.7. The molecule has 1 aromatic rings. The normalized spacial score (nSPS) is 21.3. The van der Waals surface area contributed by atoms with E-state index in [0.29, 0.717) is 6.54 Å². The van der Waals surface area contributed by atoms with E-state index in [9.17, 15) is 14.4 Å². The summed E-state index contributed by atoms with van der Waals surface area (Å²) in [5.74, 6) is -1.75. The monoisotopic (exact) mass is 294 g/mol. The Morgan fingerprint density at radius 3 is 2.76 bits per heavy atom. The molecule has 1 aliphatic heterocycles. The second-order valence-corrected chi connectivity index (χ2v) is 5.20. The minimum Gasteiger partial charge on any atom is -0.481 e. The fourth-order valence-corrected chi connectivity index (χ4v) is 2.43. The van der Waals surface area contributed by atoms with E-state index in [4.69, 9.17) is 9.52 Å². The van der Waals surface area contributed by atoms with Gasteiger partial charge < -0.3 is 19.7 Å². The van der Waals surface area contributed by atoms with Gasteiger partial charge in [0, 0.05) is 26.1 Å². The highest BCUT2D eigenvalue weighted by molar-refractivity contribution is 5.91. The minimum atomic E-state index is -0.871. The minimum absolute atomic E-state index is 0.0517. The van der Waals surface area contributed by atoms with Crippen LogP contribution in [0.4, 0.5) is 0 Å². The van der Waals surface area contributed by atoms with Crippen LogP contribution in [0.25, 0.3) is 0 Å². The van der Waals surface area contributed by atoms with Gasteiger partial charge in [-0.3, -0.25) is 14.4 Å².